The average molecular weight is 430 g/mol. The molecule has 0 N–H and O–H groups in total. The van der Waals surface area contributed by atoms with Crippen molar-refractivity contribution in [1.82, 2.24) is 4.90 Å². The van der Waals surface area contributed by atoms with E-state index in [4.69, 9.17) is 4.43 Å². The highest BCUT2D eigenvalue weighted by Gasteiger charge is 2.53. The third-order valence-electron chi connectivity index (χ3n) is 7.16. The average Bonchev–Trinajstić information content (AvgIpc) is 3.54. The van der Waals surface area contributed by atoms with Crippen molar-refractivity contribution in [1.29, 1.82) is 0 Å². The van der Waals surface area contributed by atoms with Gasteiger partial charge < -0.3 is 4.43 Å². The van der Waals surface area contributed by atoms with E-state index in [1.807, 2.05) is 0 Å². The first-order valence-corrected chi connectivity index (χ1v) is 14.2. The van der Waals surface area contributed by atoms with E-state index in [1.54, 1.807) is 0 Å². The highest BCUT2D eigenvalue weighted by atomic mass is 28.4. The summed E-state index contributed by atoms with van der Waals surface area (Å²) in [6, 6.07) is 33.2. The molecule has 1 fully saturated rings. The van der Waals surface area contributed by atoms with Crippen molar-refractivity contribution in [3.63, 3.8) is 0 Å². The fraction of sp³-hybridized carbons (Fsp3) is 0.357. The van der Waals surface area contributed by atoms with Crippen LogP contribution in [0, 0.1) is 0 Å². The molecule has 3 aromatic rings. The standard InChI is InChI=1S/C28H35NOSi/c1-27(2,3)31(4,5)30-22-26-21-29(26)28(23-15-9-6-10-16-23,24-17-11-7-12-18-24)25-19-13-8-14-20-25/h6-20,26H,21-22H2,1-5H3/t26-,29?/m1/s1. The van der Waals surface area contributed by atoms with Crippen LogP contribution < -0.4 is 0 Å². The predicted molar refractivity (Wildman–Crippen MR) is 133 cm³/mol. The van der Waals surface area contributed by atoms with E-state index < -0.39 is 8.32 Å². The minimum absolute atomic E-state index is 0.224. The molecule has 0 spiro atoms. The van der Waals surface area contributed by atoms with Crippen molar-refractivity contribution >= 4 is 8.32 Å². The second-order valence-electron chi connectivity index (χ2n) is 10.2. The molecule has 0 saturated carbocycles. The third kappa shape index (κ3) is 4.15. The SMILES string of the molecule is CC(C)(C)[Si](C)(C)OC[C@H]1CN1C(c1ccccc1)(c1ccccc1)c1ccccc1. The molecule has 2 atom stereocenters. The Morgan fingerprint density at radius 3 is 1.48 bits per heavy atom. The maximum atomic E-state index is 6.65. The summed E-state index contributed by atoms with van der Waals surface area (Å²) in [5.74, 6) is 0. The quantitative estimate of drug-likeness (QED) is 0.236. The van der Waals surface area contributed by atoms with E-state index in [-0.39, 0.29) is 10.6 Å². The summed E-state index contributed by atoms with van der Waals surface area (Å²) in [7, 11) is -1.78. The molecule has 0 radical (unpaired) electrons. The molecule has 4 rings (SSSR count). The van der Waals surface area contributed by atoms with E-state index in [2.05, 4.69) is 130 Å². The van der Waals surface area contributed by atoms with Crippen molar-refractivity contribution in [2.75, 3.05) is 13.2 Å². The number of benzene rings is 3. The first kappa shape index (κ1) is 22.0. The van der Waals surface area contributed by atoms with Crippen molar-refractivity contribution in [3.05, 3.63) is 108 Å². The minimum atomic E-state index is -1.78. The van der Waals surface area contributed by atoms with E-state index >= 15 is 0 Å². The molecule has 1 saturated heterocycles. The van der Waals surface area contributed by atoms with Gasteiger partial charge in [-0.05, 0) is 34.8 Å². The van der Waals surface area contributed by atoms with Crippen LogP contribution >= 0.6 is 0 Å². The maximum absolute atomic E-state index is 6.65. The van der Waals surface area contributed by atoms with Crippen LogP contribution in [0.2, 0.25) is 18.1 Å². The molecule has 1 aliphatic rings. The fourth-order valence-electron chi connectivity index (χ4n) is 4.29. The molecule has 1 heterocycles. The van der Waals surface area contributed by atoms with Gasteiger partial charge in [-0.15, -0.1) is 0 Å². The van der Waals surface area contributed by atoms with Gasteiger partial charge in [-0.2, -0.15) is 0 Å². The zero-order valence-corrected chi connectivity index (χ0v) is 20.5. The van der Waals surface area contributed by atoms with E-state index in [0.717, 1.165) is 13.2 Å². The molecule has 0 aliphatic carbocycles. The minimum Gasteiger partial charge on any atom is -0.415 e. The monoisotopic (exact) mass is 429 g/mol. The Labute approximate surface area is 189 Å². The molecule has 2 nitrogen and oxygen atoms in total. The van der Waals surface area contributed by atoms with Crippen LogP contribution in [0.4, 0.5) is 0 Å². The normalized spacial score (nSPS) is 19.3. The van der Waals surface area contributed by atoms with Crippen molar-refractivity contribution in [2.24, 2.45) is 0 Å². The molecule has 3 heteroatoms. The number of hydrogen-bond acceptors (Lipinski definition) is 2. The predicted octanol–water partition coefficient (Wildman–Crippen LogP) is 6.68. The van der Waals surface area contributed by atoms with E-state index in [0.29, 0.717) is 6.04 Å². The highest BCUT2D eigenvalue weighted by molar-refractivity contribution is 6.74. The Morgan fingerprint density at radius 1 is 0.742 bits per heavy atom. The van der Waals surface area contributed by atoms with Crippen LogP contribution in [-0.4, -0.2) is 32.4 Å². The zero-order chi connectivity index (χ0) is 22.1. The van der Waals surface area contributed by atoms with Gasteiger partial charge in [0, 0.05) is 12.6 Å². The molecule has 0 bridgehead atoms. The lowest BCUT2D eigenvalue weighted by atomic mass is 9.76. The molecule has 0 aromatic heterocycles. The second kappa shape index (κ2) is 8.38. The van der Waals surface area contributed by atoms with Gasteiger partial charge in [0.1, 0.15) is 0 Å². The molecule has 1 aliphatic heterocycles. The summed E-state index contributed by atoms with van der Waals surface area (Å²) in [4.78, 5) is 2.63. The van der Waals surface area contributed by atoms with E-state index in [1.165, 1.54) is 16.7 Å². The summed E-state index contributed by atoms with van der Waals surface area (Å²) < 4.78 is 6.65. The summed E-state index contributed by atoms with van der Waals surface area (Å²) in [5, 5.41) is 0.224. The summed E-state index contributed by atoms with van der Waals surface area (Å²) in [6.07, 6.45) is 0. The van der Waals surface area contributed by atoms with Gasteiger partial charge in [0.2, 0.25) is 0 Å². The molecule has 31 heavy (non-hydrogen) atoms. The lowest BCUT2D eigenvalue weighted by Crippen LogP contribution is -2.43. The molecular formula is C28H35NOSi. The van der Waals surface area contributed by atoms with Crippen LogP contribution in [0.25, 0.3) is 0 Å². The van der Waals surface area contributed by atoms with Crippen LogP contribution in [-0.2, 0) is 9.96 Å². The summed E-state index contributed by atoms with van der Waals surface area (Å²) >= 11 is 0. The number of rotatable bonds is 7. The molecule has 162 valence electrons. The van der Waals surface area contributed by atoms with Gasteiger partial charge in [-0.3, -0.25) is 4.90 Å². The van der Waals surface area contributed by atoms with Gasteiger partial charge in [-0.1, -0.05) is 112 Å². The Balaban J connectivity index is 1.76. The van der Waals surface area contributed by atoms with Crippen LogP contribution in [0.1, 0.15) is 37.5 Å². The lowest BCUT2D eigenvalue weighted by Gasteiger charge is -2.39. The Morgan fingerprint density at radius 2 is 1.13 bits per heavy atom. The molecular weight excluding hydrogens is 394 g/mol. The van der Waals surface area contributed by atoms with Gasteiger partial charge in [0.15, 0.2) is 8.32 Å². The molecule has 1 unspecified atom stereocenters. The zero-order valence-electron chi connectivity index (χ0n) is 19.5. The highest BCUT2D eigenvalue weighted by Crippen LogP contribution is 2.48. The van der Waals surface area contributed by atoms with Gasteiger partial charge in [0.05, 0.1) is 12.1 Å². The summed E-state index contributed by atoms with van der Waals surface area (Å²) in [5.41, 5.74) is 3.61. The number of hydrogen-bond donors (Lipinski definition) is 0. The number of nitrogens with zero attached hydrogens (tertiary/aromatic N) is 1. The Kier molecular flexibility index (Phi) is 5.95. The third-order valence-corrected chi connectivity index (χ3v) is 11.7. The maximum Gasteiger partial charge on any atom is 0.192 e. The molecule has 0 amide bonds. The fourth-order valence-corrected chi connectivity index (χ4v) is 5.33. The first-order chi connectivity index (χ1) is 14.8. The van der Waals surface area contributed by atoms with Crippen LogP contribution in [0.3, 0.4) is 0 Å². The van der Waals surface area contributed by atoms with Crippen LogP contribution in [0.5, 0.6) is 0 Å². The first-order valence-electron chi connectivity index (χ1n) is 11.3. The second-order valence-corrected chi connectivity index (χ2v) is 15.0. The largest absolute Gasteiger partial charge is 0.415 e. The van der Waals surface area contributed by atoms with Gasteiger partial charge in [-0.25, -0.2) is 0 Å². The summed E-state index contributed by atoms with van der Waals surface area (Å²) in [6.45, 7) is 13.5. The topological polar surface area (TPSA) is 12.2 Å². The Hall–Kier alpha value is -2.20. The Bertz CT molecular complexity index is 883. The lowest BCUT2D eigenvalue weighted by molar-refractivity contribution is 0.237. The van der Waals surface area contributed by atoms with Gasteiger partial charge in [0.25, 0.3) is 0 Å². The van der Waals surface area contributed by atoms with Crippen molar-refractivity contribution < 1.29 is 4.43 Å². The van der Waals surface area contributed by atoms with Crippen molar-refractivity contribution in [2.45, 2.75) is 50.5 Å². The smallest absolute Gasteiger partial charge is 0.192 e. The van der Waals surface area contributed by atoms with E-state index in [9.17, 15) is 0 Å². The van der Waals surface area contributed by atoms with Gasteiger partial charge >= 0.3 is 0 Å². The van der Waals surface area contributed by atoms with Crippen molar-refractivity contribution in [3.8, 4) is 0 Å². The molecule has 3 aromatic carbocycles. The van der Waals surface area contributed by atoms with Crippen LogP contribution in [0.15, 0.2) is 91.0 Å².